The lowest BCUT2D eigenvalue weighted by Crippen LogP contribution is -2.33. The van der Waals surface area contributed by atoms with Gasteiger partial charge in [-0.05, 0) is 110 Å². The Bertz CT molecular complexity index is 5380. The predicted octanol–water partition coefficient (Wildman–Crippen LogP) is 18.1. The number of ether oxygens (including phenoxy) is 4. The van der Waals surface area contributed by atoms with Gasteiger partial charge in [0, 0.05) is 107 Å². The van der Waals surface area contributed by atoms with Gasteiger partial charge in [0.2, 0.25) is 0 Å². The quantitative estimate of drug-likeness (QED) is 0.0686. The number of aromatic hydroxyl groups is 1. The van der Waals surface area contributed by atoms with Crippen LogP contribution in [0.5, 0.6) is 28.7 Å². The molecule has 3 heterocycles. The largest absolute Gasteiger partial charge is 0.506 e. The summed E-state index contributed by atoms with van der Waals surface area (Å²) >= 11 is 13.0. The normalized spacial score (nSPS) is 13.2. The van der Waals surface area contributed by atoms with Crippen molar-refractivity contribution in [3.05, 3.63) is 253 Å². The zero-order valence-corrected chi connectivity index (χ0v) is 53.4. The second-order valence-electron chi connectivity index (χ2n) is 22.7. The molecule has 476 valence electrons. The number of phenolic OH excluding ortho intramolecular Hbond substituents is 1. The second-order valence-corrected chi connectivity index (χ2v) is 23.5. The molecule has 1 atom stereocenters. The van der Waals surface area contributed by atoms with Gasteiger partial charge in [0.05, 0.1) is 21.2 Å². The number of hydrogen-bond donors (Lipinski definition) is 4. The third-order valence-corrected chi connectivity index (χ3v) is 17.2. The van der Waals surface area contributed by atoms with Crippen LogP contribution in [0, 0.1) is 13.8 Å². The average Bonchev–Trinajstić information content (AvgIpc) is 1.40. The summed E-state index contributed by atoms with van der Waals surface area (Å²) in [6.07, 6.45) is 0. The molecule has 0 fully saturated rings. The first-order valence-corrected chi connectivity index (χ1v) is 30.6. The maximum absolute atomic E-state index is 13.9. The van der Waals surface area contributed by atoms with E-state index in [2.05, 4.69) is 38.1 Å². The minimum Gasteiger partial charge on any atom is -0.506 e. The molecular weight excluding hydrogens is 1260 g/mol. The fourth-order valence-corrected chi connectivity index (χ4v) is 13.3. The van der Waals surface area contributed by atoms with E-state index < -0.39 is 41.4 Å². The van der Waals surface area contributed by atoms with Crippen LogP contribution in [0.2, 0.25) is 10.0 Å². The standard InChI is InChI=1S/C39H25ClO7.C35H21ClO5.2C2H4O2/c1-20-23-10-4-6-12-25(23)37(26-13-7-5-11-24(20)26)28-16-30-34(18-33(28)44-21(2)41)46-35-19-36(45-22(3)42)32(40)17-31(35)39(30)29-15-9-8-14-27(29)38(43)47-39;1-18-19-8-2-4-10-21(19)33(22-11-5-3-9-20(18)22)25-14-26-31(16-29(25)37)41-32-17-30(38)28(36)15-27(32)34(26)23-12-6-7-13-24(23)35(39)40;2*1-2(3)4/h4-19H,1-3H3;2-17,38H,1H3,(H,39,40);2*1H3,(H,3,4). The number of hydrogen-bond acceptors (Lipinski definition) is 13. The Kier molecular flexibility index (Phi) is 17.1. The molecule has 0 aromatic heterocycles. The van der Waals surface area contributed by atoms with Crippen molar-refractivity contribution in [3.63, 3.8) is 0 Å². The van der Waals surface area contributed by atoms with E-state index in [-0.39, 0.29) is 55.4 Å². The molecule has 1 spiro atoms. The summed E-state index contributed by atoms with van der Waals surface area (Å²) in [6, 6.07) is 58.8. The average molecular weight is 1320 g/mol. The Balaban J connectivity index is 0.000000166. The molecule has 0 amide bonds. The summed E-state index contributed by atoms with van der Waals surface area (Å²) in [5.74, 6) is -3.37. The van der Waals surface area contributed by atoms with Crippen molar-refractivity contribution in [1.29, 1.82) is 0 Å². The van der Waals surface area contributed by atoms with Gasteiger partial charge in [0.25, 0.3) is 11.9 Å². The second kappa shape index (κ2) is 25.6. The smallest absolute Gasteiger partial charge is 0.340 e. The van der Waals surface area contributed by atoms with Gasteiger partial charge >= 0.3 is 23.9 Å². The van der Waals surface area contributed by atoms with Crippen molar-refractivity contribution in [2.24, 2.45) is 0 Å². The van der Waals surface area contributed by atoms with Crippen LogP contribution in [0.25, 0.3) is 98.8 Å². The van der Waals surface area contributed by atoms with E-state index >= 15 is 0 Å². The third kappa shape index (κ3) is 11.5. The van der Waals surface area contributed by atoms with Crippen molar-refractivity contribution in [3.8, 4) is 73.5 Å². The van der Waals surface area contributed by atoms with Gasteiger partial charge in [-0.15, -0.1) is 0 Å². The summed E-state index contributed by atoms with van der Waals surface area (Å²) < 4.78 is 30.3. The van der Waals surface area contributed by atoms with Crippen LogP contribution in [-0.2, 0) is 29.5 Å². The molecule has 1 aliphatic carbocycles. The van der Waals surface area contributed by atoms with Gasteiger partial charge in [-0.1, -0.05) is 157 Å². The van der Waals surface area contributed by atoms with Crippen molar-refractivity contribution in [2.75, 3.05) is 0 Å². The lowest BCUT2D eigenvalue weighted by Gasteiger charge is -2.37. The highest BCUT2D eigenvalue weighted by Gasteiger charge is 2.54. The van der Waals surface area contributed by atoms with Gasteiger partial charge in [-0.2, -0.15) is 0 Å². The molecule has 4 N–H and O–H groups in total. The Morgan fingerprint density at radius 1 is 0.438 bits per heavy atom. The molecule has 0 saturated heterocycles. The minimum absolute atomic E-state index is 0.0866. The molecule has 11 aromatic carbocycles. The number of carboxylic acids is 3. The van der Waals surface area contributed by atoms with Crippen LogP contribution in [-0.4, -0.2) is 56.2 Å². The molecule has 96 heavy (non-hydrogen) atoms. The Labute approximate surface area is 556 Å². The van der Waals surface area contributed by atoms with Crippen molar-refractivity contribution in [1.82, 2.24) is 0 Å². The van der Waals surface area contributed by atoms with E-state index in [1.165, 1.54) is 38.1 Å². The maximum Gasteiger partial charge on any atom is 0.340 e. The molecule has 0 saturated carbocycles. The number of carbonyl (C=O) groups excluding carboxylic acids is 3. The number of aryl methyl sites for hydroxylation is 2. The number of halogens is 2. The first-order chi connectivity index (χ1) is 46.0. The maximum atomic E-state index is 13.9. The van der Waals surface area contributed by atoms with Gasteiger partial charge in [0.1, 0.15) is 34.3 Å². The highest BCUT2D eigenvalue weighted by molar-refractivity contribution is 6.33. The van der Waals surface area contributed by atoms with Gasteiger partial charge in [-0.3, -0.25) is 24.0 Å². The predicted molar refractivity (Wildman–Crippen MR) is 367 cm³/mol. The van der Waals surface area contributed by atoms with E-state index in [1.54, 1.807) is 54.6 Å². The molecule has 18 heteroatoms. The first kappa shape index (κ1) is 64.3. The van der Waals surface area contributed by atoms with E-state index in [0.717, 1.165) is 79.2 Å². The van der Waals surface area contributed by atoms with E-state index in [0.29, 0.717) is 61.2 Å². The van der Waals surface area contributed by atoms with Crippen LogP contribution < -0.4 is 19.6 Å². The number of phenols is 1. The number of carboxylic acid groups (broad SMARTS) is 3. The van der Waals surface area contributed by atoms with Crippen molar-refractivity contribution < 1.29 is 72.6 Å². The van der Waals surface area contributed by atoms with Crippen LogP contribution in [0.3, 0.4) is 0 Å². The lowest BCUT2D eigenvalue weighted by atomic mass is 9.76. The fraction of sp³-hybridized carbons (Fsp3) is 0.0897. The van der Waals surface area contributed by atoms with Crippen molar-refractivity contribution >= 4 is 113 Å². The van der Waals surface area contributed by atoms with E-state index in [4.69, 9.17) is 66.4 Å². The number of rotatable bonds is 6. The third-order valence-electron chi connectivity index (χ3n) is 16.6. The Hall–Kier alpha value is -11.9. The zero-order valence-electron chi connectivity index (χ0n) is 51.9. The summed E-state index contributed by atoms with van der Waals surface area (Å²) in [5, 5.41) is 44.0. The number of aliphatic carboxylic acids is 2. The highest BCUT2D eigenvalue weighted by atomic mass is 35.5. The lowest BCUT2D eigenvalue weighted by molar-refractivity contribution is -0.135. The van der Waals surface area contributed by atoms with Gasteiger partial charge in [-0.25, -0.2) is 9.59 Å². The highest BCUT2D eigenvalue weighted by Crippen LogP contribution is 2.60. The van der Waals surface area contributed by atoms with Gasteiger partial charge in [0.15, 0.2) is 16.8 Å². The molecule has 1 unspecified atom stereocenters. The first-order valence-electron chi connectivity index (χ1n) is 29.8. The monoisotopic (exact) mass is 1320 g/mol. The fourth-order valence-electron chi connectivity index (χ4n) is 12.9. The SMILES string of the molecule is CC(=O)O.CC(=O)O.CC(=O)Oc1cc2c(cc1Cl)C1(OC(=O)c3ccccc31)c1cc(-c3c4ccccc4c(C)c4ccccc34)c(OC(C)=O)cc1O2.Cc1c2ccccc2c(-c2cc3c(-c4ccccc4C(=O)O)c4cc(Cl)c(O)cc4oc-3cc2=O)c2ccccc12. The van der Waals surface area contributed by atoms with Gasteiger partial charge < -0.3 is 43.8 Å². The molecule has 11 aromatic rings. The van der Waals surface area contributed by atoms with Crippen LogP contribution in [0.15, 0.2) is 203 Å². The Morgan fingerprint density at radius 3 is 1.41 bits per heavy atom. The topological polar surface area (TPSA) is 250 Å². The van der Waals surface area contributed by atoms with Crippen LogP contribution in [0.1, 0.15) is 76.2 Å². The summed E-state index contributed by atoms with van der Waals surface area (Å²) in [7, 11) is 0. The summed E-state index contributed by atoms with van der Waals surface area (Å²) in [4.78, 5) is 82.2. The Morgan fingerprint density at radius 2 is 0.885 bits per heavy atom. The zero-order chi connectivity index (χ0) is 68.2. The number of esters is 3. The molecule has 0 bridgehead atoms. The van der Waals surface area contributed by atoms with E-state index in [9.17, 15) is 34.2 Å². The van der Waals surface area contributed by atoms with E-state index in [1.807, 2.05) is 91.0 Å². The number of benzene rings is 12. The molecule has 16 nitrogen and oxygen atoms in total. The summed E-state index contributed by atoms with van der Waals surface area (Å²) in [6.45, 7) is 8.96. The minimum atomic E-state index is -1.49. The molecular formula is C78H54Cl2O16. The number of fused-ring (bicyclic) bond motifs is 12. The number of carbonyl (C=O) groups is 6. The van der Waals surface area contributed by atoms with Crippen LogP contribution >= 0.6 is 23.2 Å². The molecule has 0 radical (unpaired) electrons. The molecule has 3 aliphatic heterocycles. The van der Waals surface area contributed by atoms with Crippen molar-refractivity contribution in [2.45, 2.75) is 47.1 Å². The summed E-state index contributed by atoms with van der Waals surface area (Å²) in [5.41, 5.74) is 7.10. The number of aromatic carboxylic acids is 1. The molecule has 4 aliphatic rings. The molecule has 15 rings (SSSR count). The van der Waals surface area contributed by atoms with Crippen LogP contribution in [0.4, 0.5) is 0 Å².